The first kappa shape index (κ1) is 18.9. The highest BCUT2D eigenvalue weighted by Gasteiger charge is 2.35. The second-order valence-electron chi connectivity index (χ2n) is 6.34. The highest BCUT2D eigenvalue weighted by atomic mass is 32.2. The van der Waals surface area contributed by atoms with Crippen LogP contribution in [-0.4, -0.2) is 43.9 Å². The Bertz CT molecular complexity index is 394. The van der Waals surface area contributed by atoms with Crippen molar-refractivity contribution in [1.82, 2.24) is 14.3 Å². The lowest BCUT2D eigenvalue weighted by atomic mass is 9.98. The molecule has 5 nitrogen and oxygen atoms in total. The molecule has 1 rings (SSSR count). The molecule has 1 heterocycles. The summed E-state index contributed by atoms with van der Waals surface area (Å²) in [6.07, 6.45) is 5.70. The molecule has 0 bridgehead atoms. The van der Waals surface area contributed by atoms with Gasteiger partial charge in [-0.25, -0.2) is 0 Å². The zero-order chi connectivity index (χ0) is 15.9. The van der Waals surface area contributed by atoms with Gasteiger partial charge in [-0.15, -0.1) is 0 Å². The van der Waals surface area contributed by atoms with E-state index < -0.39 is 10.2 Å². The summed E-state index contributed by atoms with van der Waals surface area (Å²) in [6, 6.07) is 0.0840. The molecule has 1 saturated heterocycles. The molecule has 21 heavy (non-hydrogen) atoms. The van der Waals surface area contributed by atoms with Crippen LogP contribution in [-0.2, 0) is 10.2 Å². The highest BCUT2D eigenvalue weighted by Crippen LogP contribution is 2.22. The molecule has 126 valence electrons. The van der Waals surface area contributed by atoms with E-state index in [0.717, 1.165) is 51.6 Å². The van der Waals surface area contributed by atoms with Gasteiger partial charge >= 0.3 is 0 Å². The van der Waals surface area contributed by atoms with Crippen LogP contribution in [0.2, 0.25) is 0 Å². The molecule has 0 radical (unpaired) electrons. The SMILES string of the molecule is CCCNCC1CCCCN1S(=O)(=O)NC(C)(CC)CC. The van der Waals surface area contributed by atoms with Crippen LogP contribution in [0.1, 0.15) is 66.2 Å². The predicted octanol–water partition coefficient (Wildman–Crippen LogP) is 2.25. The number of hydrogen-bond donors (Lipinski definition) is 2. The van der Waals surface area contributed by atoms with E-state index in [0.29, 0.717) is 6.54 Å². The van der Waals surface area contributed by atoms with Gasteiger partial charge in [0.2, 0.25) is 0 Å². The molecule has 1 unspecified atom stereocenters. The van der Waals surface area contributed by atoms with Gasteiger partial charge in [0.1, 0.15) is 0 Å². The average molecular weight is 320 g/mol. The average Bonchev–Trinajstić information content (AvgIpc) is 2.47. The first-order chi connectivity index (χ1) is 9.88. The largest absolute Gasteiger partial charge is 0.315 e. The van der Waals surface area contributed by atoms with Crippen LogP contribution in [0, 0.1) is 0 Å². The summed E-state index contributed by atoms with van der Waals surface area (Å²) in [7, 11) is -3.41. The van der Waals surface area contributed by atoms with Gasteiger partial charge < -0.3 is 5.32 Å². The molecule has 1 fully saturated rings. The van der Waals surface area contributed by atoms with Gasteiger partial charge in [-0.2, -0.15) is 17.4 Å². The third-order valence-corrected chi connectivity index (χ3v) is 6.47. The van der Waals surface area contributed by atoms with E-state index in [1.165, 1.54) is 0 Å². The Hall–Kier alpha value is -0.170. The van der Waals surface area contributed by atoms with E-state index in [1.54, 1.807) is 4.31 Å². The molecule has 0 spiro atoms. The molecular weight excluding hydrogens is 286 g/mol. The Morgan fingerprint density at radius 1 is 1.19 bits per heavy atom. The zero-order valence-electron chi connectivity index (χ0n) is 14.1. The minimum absolute atomic E-state index is 0.0840. The van der Waals surface area contributed by atoms with Gasteiger partial charge in [-0.3, -0.25) is 0 Å². The molecular formula is C15H33N3O2S. The van der Waals surface area contributed by atoms with Crippen LogP contribution in [0.25, 0.3) is 0 Å². The molecule has 0 aromatic rings. The van der Waals surface area contributed by atoms with Crippen molar-refractivity contribution in [3.8, 4) is 0 Å². The Balaban J connectivity index is 2.77. The lowest BCUT2D eigenvalue weighted by molar-refractivity contribution is 0.236. The fourth-order valence-corrected chi connectivity index (χ4v) is 4.67. The molecule has 0 amide bonds. The molecule has 2 N–H and O–H groups in total. The van der Waals surface area contributed by atoms with Crippen LogP contribution in [0.15, 0.2) is 0 Å². The van der Waals surface area contributed by atoms with E-state index in [1.807, 2.05) is 20.8 Å². The third-order valence-electron chi connectivity index (χ3n) is 4.62. The van der Waals surface area contributed by atoms with Crippen molar-refractivity contribution in [2.45, 2.75) is 77.8 Å². The molecule has 6 heteroatoms. The molecule has 0 aromatic carbocycles. The summed E-state index contributed by atoms with van der Waals surface area (Å²) in [4.78, 5) is 0. The van der Waals surface area contributed by atoms with Crippen LogP contribution in [0.5, 0.6) is 0 Å². The molecule has 1 aliphatic heterocycles. The van der Waals surface area contributed by atoms with E-state index in [9.17, 15) is 8.42 Å². The highest BCUT2D eigenvalue weighted by molar-refractivity contribution is 7.87. The normalized spacial score (nSPS) is 21.6. The maximum absolute atomic E-state index is 12.7. The maximum atomic E-state index is 12.7. The zero-order valence-corrected chi connectivity index (χ0v) is 14.9. The summed E-state index contributed by atoms with van der Waals surface area (Å²) in [5.74, 6) is 0. The van der Waals surface area contributed by atoms with Gasteiger partial charge in [0.05, 0.1) is 0 Å². The fourth-order valence-electron chi connectivity index (χ4n) is 2.70. The van der Waals surface area contributed by atoms with Crippen molar-refractivity contribution in [2.24, 2.45) is 0 Å². The van der Waals surface area contributed by atoms with Crippen molar-refractivity contribution < 1.29 is 8.42 Å². The maximum Gasteiger partial charge on any atom is 0.280 e. The molecule has 1 aliphatic rings. The standard InChI is InChI=1S/C15H33N3O2S/c1-5-11-16-13-14-10-8-9-12-18(14)21(19,20)17-15(4,6-2)7-3/h14,16-17H,5-13H2,1-4H3. The molecule has 0 aromatic heterocycles. The second kappa shape index (κ2) is 8.46. The van der Waals surface area contributed by atoms with Crippen LogP contribution in [0.4, 0.5) is 0 Å². The summed E-state index contributed by atoms with van der Waals surface area (Å²) < 4.78 is 30.1. The number of piperidine rings is 1. The first-order valence-electron chi connectivity index (χ1n) is 8.40. The Morgan fingerprint density at radius 3 is 2.43 bits per heavy atom. The van der Waals surface area contributed by atoms with Gasteiger partial charge in [0, 0.05) is 24.7 Å². The minimum Gasteiger partial charge on any atom is -0.315 e. The number of hydrogen-bond acceptors (Lipinski definition) is 3. The Kier molecular flexibility index (Phi) is 7.60. The van der Waals surface area contributed by atoms with Crippen molar-refractivity contribution in [1.29, 1.82) is 0 Å². The summed E-state index contributed by atoms with van der Waals surface area (Å²) in [6.45, 7) is 10.5. The fraction of sp³-hybridized carbons (Fsp3) is 1.00. The summed E-state index contributed by atoms with van der Waals surface area (Å²) >= 11 is 0. The number of rotatable bonds is 9. The third kappa shape index (κ3) is 5.51. The lowest BCUT2D eigenvalue weighted by Gasteiger charge is -2.38. The summed E-state index contributed by atoms with van der Waals surface area (Å²) in [5, 5.41) is 3.36. The number of nitrogens with one attached hydrogen (secondary N) is 2. The molecule has 1 atom stereocenters. The van der Waals surface area contributed by atoms with Crippen molar-refractivity contribution in [2.75, 3.05) is 19.6 Å². The van der Waals surface area contributed by atoms with Crippen LogP contribution < -0.4 is 10.0 Å². The minimum atomic E-state index is -3.41. The van der Waals surface area contributed by atoms with Gasteiger partial charge in [0.25, 0.3) is 10.2 Å². The Labute approximate surface area is 131 Å². The van der Waals surface area contributed by atoms with E-state index >= 15 is 0 Å². The molecule has 0 saturated carbocycles. The quantitative estimate of drug-likeness (QED) is 0.641. The monoisotopic (exact) mass is 319 g/mol. The van der Waals surface area contributed by atoms with Crippen molar-refractivity contribution in [3.63, 3.8) is 0 Å². The van der Waals surface area contributed by atoms with Gasteiger partial charge in [0.15, 0.2) is 0 Å². The topological polar surface area (TPSA) is 61.4 Å². The van der Waals surface area contributed by atoms with Crippen molar-refractivity contribution >= 4 is 10.2 Å². The first-order valence-corrected chi connectivity index (χ1v) is 9.84. The Morgan fingerprint density at radius 2 is 1.86 bits per heavy atom. The van der Waals surface area contributed by atoms with Crippen molar-refractivity contribution in [3.05, 3.63) is 0 Å². The van der Waals surface area contributed by atoms with E-state index in [-0.39, 0.29) is 11.6 Å². The smallest absolute Gasteiger partial charge is 0.280 e. The van der Waals surface area contributed by atoms with E-state index in [4.69, 9.17) is 0 Å². The van der Waals surface area contributed by atoms with Gasteiger partial charge in [-0.05, 0) is 45.6 Å². The molecule has 0 aliphatic carbocycles. The van der Waals surface area contributed by atoms with E-state index in [2.05, 4.69) is 17.0 Å². The second-order valence-corrected chi connectivity index (χ2v) is 7.96. The van der Waals surface area contributed by atoms with Crippen LogP contribution >= 0.6 is 0 Å². The lowest BCUT2D eigenvalue weighted by Crippen LogP contribution is -2.57. The van der Waals surface area contributed by atoms with Crippen LogP contribution in [0.3, 0.4) is 0 Å². The predicted molar refractivity (Wildman–Crippen MR) is 88.5 cm³/mol. The number of nitrogens with zero attached hydrogens (tertiary/aromatic N) is 1. The van der Waals surface area contributed by atoms with Gasteiger partial charge in [-0.1, -0.05) is 27.2 Å². The summed E-state index contributed by atoms with van der Waals surface area (Å²) in [5.41, 5.74) is -0.350.